The molecule has 0 aromatic heterocycles. The molecule has 0 aliphatic heterocycles. The second-order valence-corrected chi connectivity index (χ2v) is 6.85. The van der Waals surface area contributed by atoms with E-state index in [-0.39, 0.29) is 12.1 Å². The molecule has 0 aliphatic rings. The van der Waals surface area contributed by atoms with Gasteiger partial charge in [0.05, 0.1) is 0 Å². The van der Waals surface area contributed by atoms with Crippen LogP contribution in [-0.4, -0.2) is 42.3 Å². The average molecular weight is 276 g/mol. The first-order valence-electron chi connectivity index (χ1n) is 6.47. The lowest BCUT2D eigenvalue weighted by molar-refractivity contribution is 0.0523. The molecule has 0 rings (SSSR count). The summed E-state index contributed by atoms with van der Waals surface area (Å²) in [5.41, 5.74) is -0.436. The Hall–Kier alpha value is -0.420. The Balaban J connectivity index is 3.64. The Bertz CT molecular complexity index is 242. The molecule has 2 unspecified atom stereocenters. The van der Waals surface area contributed by atoms with E-state index in [0.717, 1.165) is 13.0 Å². The number of thioether (sulfide) groups is 1. The highest BCUT2D eigenvalue weighted by atomic mass is 32.2. The van der Waals surface area contributed by atoms with Crippen molar-refractivity contribution >= 4 is 17.9 Å². The van der Waals surface area contributed by atoms with Gasteiger partial charge < -0.3 is 15.4 Å². The maximum absolute atomic E-state index is 11.4. The maximum atomic E-state index is 11.4. The number of carbonyl (C=O) groups excluding carboxylic acids is 1. The summed E-state index contributed by atoms with van der Waals surface area (Å²) in [6.07, 6.45) is 2.91. The third-order valence-corrected chi connectivity index (χ3v) is 3.44. The van der Waals surface area contributed by atoms with E-state index in [0.29, 0.717) is 11.8 Å². The molecule has 2 atom stereocenters. The number of hydrogen-bond acceptors (Lipinski definition) is 4. The molecule has 0 radical (unpaired) electrons. The predicted molar refractivity (Wildman–Crippen MR) is 79.3 cm³/mol. The minimum absolute atomic E-state index is 0.256. The molecule has 0 heterocycles. The largest absolute Gasteiger partial charge is 0.444 e. The van der Waals surface area contributed by atoms with Crippen molar-refractivity contribution in [2.45, 2.75) is 57.9 Å². The first-order chi connectivity index (χ1) is 8.24. The van der Waals surface area contributed by atoms with Crippen molar-refractivity contribution in [3.8, 4) is 0 Å². The first-order valence-corrected chi connectivity index (χ1v) is 7.76. The standard InChI is InChI=1S/C13H28N2O2S/c1-10(14-8-7-11(2)18-6)9-15-12(16)17-13(3,4)5/h10-11,14H,7-9H2,1-6H3,(H,15,16). The molecular formula is C13H28N2O2S. The predicted octanol–water partition coefficient (Wildman–Crippen LogP) is 2.63. The molecule has 2 N–H and O–H groups in total. The Kier molecular flexibility index (Phi) is 8.44. The molecule has 0 saturated heterocycles. The second kappa shape index (κ2) is 8.64. The SMILES string of the molecule is CSC(C)CCNC(C)CNC(=O)OC(C)(C)C. The van der Waals surface area contributed by atoms with E-state index in [1.807, 2.05) is 32.5 Å². The number of amides is 1. The summed E-state index contributed by atoms with van der Waals surface area (Å²) >= 11 is 1.87. The van der Waals surface area contributed by atoms with Crippen molar-refractivity contribution in [2.24, 2.45) is 0 Å². The molecule has 0 bridgehead atoms. The second-order valence-electron chi connectivity index (χ2n) is 5.57. The lowest BCUT2D eigenvalue weighted by atomic mass is 10.2. The smallest absolute Gasteiger partial charge is 0.407 e. The van der Waals surface area contributed by atoms with E-state index >= 15 is 0 Å². The third kappa shape index (κ3) is 10.7. The molecule has 5 heteroatoms. The zero-order chi connectivity index (χ0) is 14.2. The van der Waals surface area contributed by atoms with E-state index < -0.39 is 5.60 Å². The van der Waals surface area contributed by atoms with Gasteiger partial charge in [-0.05, 0) is 46.9 Å². The number of hydrogen-bond donors (Lipinski definition) is 2. The van der Waals surface area contributed by atoms with Crippen LogP contribution in [0.25, 0.3) is 0 Å². The van der Waals surface area contributed by atoms with Crippen molar-refractivity contribution in [2.75, 3.05) is 19.3 Å². The molecule has 1 amide bonds. The maximum Gasteiger partial charge on any atom is 0.407 e. The highest BCUT2D eigenvalue weighted by Crippen LogP contribution is 2.08. The van der Waals surface area contributed by atoms with Gasteiger partial charge in [0, 0.05) is 17.8 Å². The van der Waals surface area contributed by atoms with Crippen LogP contribution in [0.5, 0.6) is 0 Å². The normalized spacial score (nSPS) is 15.0. The van der Waals surface area contributed by atoms with Crippen LogP contribution in [0.15, 0.2) is 0 Å². The summed E-state index contributed by atoms with van der Waals surface area (Å²) in [7, 11) is 0. The summed E-state index contributed by atoms with van der Waals surface area (Å²) in [4.78, 5) is 11.4. The number of alkyl carbamates (subject to hydrolysis) is 1. The van der Waals surface area contributed by atoms with Gasteiger partial charge in [0.1, 0.15) is 5.60 Å². The Morgan fingerprint density at radius 2 is 1.94 bits per heavy atom. The minimum atomic E-state index is -0.436. The topological polar surface area (TPSA) is 50.4 Å². The van der Waals surface area contributed by atoms with Crippen molar-refractivity contribution in [1.82, 2.24) is 10.6 Å². The summed E-state index contributed by atoms with van der Waals surface area (Å²) < 4.78 is 5.17. The van der Waals surface area contributed by atoms with Gasteiger partial charge in [0.15, 0.2) is 0 Å². The third-order valence-electron chi connectivity index (χ3n) is 2.40. The Labute approximate surface area is 116 Å². The van der Waals surface area contributed by atoms with Gasteiger partial charge in [-0.1, -0.05) is 6.92 Å². The molecule has 108 valence electrons. The van der Waals surface area contributed by atoms with Gasteiger partial charge in [-0.3, -0.25) is 0 Å². The monoisotopic (exact) mass is 276 g/mol. The van der Waals surface area contributed by atoms with Crippen molar-refractivity contribution in [3.05, 3.63) is 0 Å². The van der Waals surface area contributed by atoms with Crippen molar-refractivity contribution in [3.63, 3.8) is 0 Å². The van der Waals surface area contributed by atoms with Crippen LogP contribution in [-0.2, 0) is 4.74 Å². The zero-order valence-corrected chi connectivity index (χ0v) is 13.3. The van der Waals surface area contributed by atoms with Crippen LogP contribution in [0, 0.1) is 0 Å². The minimum Gasteiger partial charge on any atom is -0.444 e. The van der Waals surface area contributed by atoms with Gasteiger partial charge in [-0.2, -0.15) is 11.8 Å². The molecule has 0 saturated carbocycles. The van der Waals surface area contributed by atoms with E-state index in [2.05, 4.69) is 30.7 Å². The molecule has 0 aromatic carbocycles. The molecule has 0 aliphatic carbocycles. The fraction of sp³-hybridized carbons (Fsp3) is 0.923. The summed E-state index contributed by atoms with van der Waals surface area (Å²) in [6.45, 7) is 11.4. The van der Waals surface area contributed by atoms with E-state index in [1.165, 1.54) is 0 Å². The number of nitrogens with one attached hydrogen (secondary N) is 2. The summed E-state index contributed by atoms with van der Waals surface area (Å²) in [5, 5.41) is 6.81. The lowest BCUT2D eigenvalue weighted by Crippen LogP contribution is -2.41. The summed E-state index contributed by atoms with van der Waals surface area (Å²) in [5.74, 6) is 0. The number of ether oxygens (including phenoxy) is 1. The zero-order valence-electron chi connectivity index (χ0n) is 12.5. The fourth-order valence-electron chi connectivity index (χ4n) is 1.27. The van der Waals surface area contributed by atoms with Crippen LogP contribution in [0.3, 0.4) is 0 Å². The number of rotatable bonds is 7. The Morgan fingerprint density at radius 1 is 1.33 bits per heavy atom. The molecular weight excluding hydrogens is 248 g/mol. The van der Waals surface area contributed by atoms with Crippen LogP contribution in [0.1, 0.15) is 41.0 Å². The van der Waals surface area contributed by atoms with E-state index in [4.69, 9.17) is 4.74 Å². The van der Waals surface area contributed by atoms with E-state index in [1.54, 1.807) is 0 Å². The highest BCUT2D eigenvalue weighted by Gasteiger charge is 2.16. The van der Waals surface area contributed by atoms with Crippen LogP contribution in [0.2, 0.25) is 0 Å². The first kappa shape index (κ1) is 17.6. The fourth-order valence-corrected chi connectivity index (χ4v) is 1.63. The average Bonchev–Trinajstić information content (AvgIpc) is 2.23. The van der Waals surface area contributed by atoms with Crippen molar-refractivity contribution < 1.29 is 9.53 Å². The molecule has 0 fully saturated rings. The van der Waals surface area contributed by atoms with Gasteiger partial charge in [-0.15, -0.1) is 0 Å². The quantitative estimate of drug-likeness (QED) is 0.750. The van der Waals surface area contributed by atoms with Crippen LogP contribution >= 0.6 is 11.8 Å². The molecule has 4 nitrogen and oxygen atoms in total. The van der Waals surface area contributed by atoms with Crippen LogP contribution in [0.4, 0.5) is 4.79 Å². The van der Waals surface area contributed by atoms with Gasteiger partial charge in [0.2, 0.25) is 0 Å². The lowest BCUT2D eigenvalue weighted by Gasteiger charge is -2.21. The molecule has 18 heavy (non-hydrogen) atoms. The Morgan fingerprint density at radius 3 is 2.44 bits per heavy atom. The van der Waals surface area contributed by atoms with Gasteiger partial charge in [-0.25, -0.2) is 4.79 Å². The van der Waals surface area contributed by atoms with Crippen molar-refractivity contribution in [1.29, 1.82) is 0 Å². The van der Waals surface area contributed by atoms with Gasteiger partial charge in [0.25, 0.3) is 0 Å². The van der Waals surface area contributed by atoms with E-state index in [9.17, 15) is 4.79 Å². The summed E-state index contributed by atoms with van der Waals surface area (Å²) in [6, 6.07) is 0.256. The number of carbonyl (C=O) groups is 1. The highest BCUT2D eigenvalue weighted by molar-refractivity contribution is 7.99. The van der Waals surface area contributed by atoms with Gasteiger partial charge >= 0.3 is 6.09 Å². The molecule has 0 aromatic rings. The molecule has 0 spiro atoms. The van der Waals surface area contributed by atoms with Crippen LogP contribution < -0.4 is 10.6 Å².